The molecule has 1 heterocycles. The molecule has 0 saturated heterocycles. The molecule has 6 heteroatoms. The van der Waals surface area contributed by atoms with Gasteiger partial charge in [0.2, 0.25) is 0 Å². The highest BCUT2D eigenvalue weighted by Crippen LogP contribution is 2.19. The van der Waals surface area contributed by atoms with Crippen LogP contribution in [-0.4, -0.2) is 29.2 Å². The smallest absolute Gasteiger partial charge is 0.263 e. The number of anilines is 1. The van der Waals surface area contributed by atoms with E-state index in [1.807, 2.05) is 6.92 Å². The molecular formula is C15H16N2O4. The molecule has 6 nitrogen and oxygen atoms in total. The summed E-state index contributed by atoms with van der Waals surface area (Å²) < 4.78 is 10.6. The summed E-state index contributed by atoms with van der Waals surface area (Å²) in [6.45, 7) is 2.32. The van der Waals surface area contributed by atoms with Crippen LogP contribution in [0.5, 0.6) is 17.2 Å². The molecule has 0 aliphatic heterocycles. The molecule has 21 heavy (non-hydrogen) atoms. The Kier molecular flexibility index (Phi) is 4.98. The molecule has 0 unspecified atom stereocenters. The number of carbonyl (C=O) groups is 1. The second kappa shape index (κ2) is 7.14. The summed E-state index contributed by atoms with van der Waals surface area (Å²) in [5.74, 6) is 0.911. The molecule has 0 aliphatic rings. The summed E-state index contributed by atoms with van der Waals surface area (Å²) in [7, 11) is 0. The zero-order valence-electron chi connectivity index (χ0n) is 11.6. The minimum Gasteiger partial charge on any atom is -0.504 e. The Balaban J connectivity index is 1.85. The number of hydrogen-bond donors (Lipinski definition) is 2. The number of aromatic hydroxyl groups is 1. The molecule has 2 N–H and O–H groups in total. The van der Waals surface area contributed by atoms with Crippen molar-refractivity contribution in [2.45, 2.75) is 6.92 Å². The molecule has 0 spiro atoms. The fraction of sp³-hybridized carbons (Fsp3) is 0.200. The molecule has 0 bridgehead atoms. The van der Waals surface area contributed by atoms with E-state index in [0.717, 1.165) is 5.75 Å². The van der Waals surface area contributed by atoms with Gasteiger partial charge < -0.3 is 19.9 Å². The Bertz CT molecular complexity index is 599. The molecule has 110 valence electrons. The van der Waals surface area contributed by atoms with Crippen LogP contribution in [0.2, 0.25) is 0 Å². The van der Waals surface area contributed by atoms with E-state index >= 15 is 0 Å². The molecule has 0 fully saturated rings. The highest BCUT2D eigenvalue weighted by atomic mass is 16.5. The van der Waals surface area contributed by atoms with Crippen LogP contribution in [0, 0.1) is 0 Å². The van der Waals surface area contributed by atoms with Gasteiger partial charge in [-0.25, -0.2) is 4.98 Å². The van der Waals surface area contributed by atoms with Crippen molar-refractivity contribution in [3.8, 4) is 17.2 Å². The zero-order chi connectivity index (χ0) is 15.1. The first-order valence-electron chi connectivity index (χ1n) is 6.48. The number of rotatable bonds is 6. The summed E-state index contributed by atoms with van der Waals surface area (Å²) in [5, 5.41) is 12.0. The van der Waals surface area contributed by atoms with Crippen molar-refractivity contribution >= 4 is 11.7 Å². The molecule has 2 aromatic rings. The third kappa shape index (κ3) is 4.38. The fourth-order valence-corrected chi connectivity index (χ4v) is 1.61. The van der Waals surface area contributed by atoms with Gasteiger partial charge in [-0.1, -0.05) is 0 Å². The third-order valence-corrected chi connectivity index (χ3v) is 2.55. The fourth-order valence-electron chi connectivity index (χ4n) is 1.61. The number of amides is 1. The van der Waals surface area contributed by atoms with Crippen molar-refractivity contribution < 1.29 is 19.4 Å². The summed E-state index contributed by atoms with van der Waals surface area (Å²) >= 11 is 0. The Hall–Kier alpha value is -2.76. The second-order valence-electron chi connectivity index (χ2n) is 4.11. The first-order valence-corrected chi connectivity index (χ1v) is 6.48. The van der Waals surface area contributed by atoms with Crippen LogP contribution < -0.4 is 14.8 Å². The van der Waals surface area contributed by atoms with Gasteiger partial charge in [0.15, 0.2) is 18.2 Å². The number of benzene rings is 1. The molecular weight excluding hydrogens is 272 g/mol. The Morgan fingerprint density at radius 1 is 1.19 bits per heavy atom. The van der Waals surface area contributed by atoms with Gasteiger partial charge in [-0.2, -0.15) is 0 Å². The molecule has 1 aromatic heterocycles. The largest absolute Gasteiger partial charge is 0.504 e. The van der Waals surface area contributed by atoms with E-state index in [2.05, 4.69) is 10.3 Å². The summed E-state index contributed by atoms with van der Waals surface area (Å²) in [5.41, 5.74) is 0. The lowest BCUT2D eigenvalue weighted by Crippen LogP contribution is -2.20. The quantitative estimate of drug-likeness (QED) is 0.851. The van der Waals surface area contributed by atoms with Gasteiger partial charge in [0, 0.05) is 6.20 Å². The minimum absolute atomic E-state index is 0.0908. The lowest BCUT2D eigenvalue weighted by atomic mass is 10.3. The van der Waals surface area contributed by atoms with Gasteiger partial charge in [0.1, 0.15) is 11.5 Å². The van der Waals surface area contributed by atoms with Gasteiger partial charge in [-0.05, 0) is 43.3 Å². The van der Waals surface area contributed by atoms with Gasteiger partial charge in [0.25, 0.3) is 5.91 Å². The lowest BCUT2D eigenvalue weighted by molar-refractivity contribution is -0.118. The maximum absolute atomic E-state index is 11.7. The minimum atomic E-state index is -0.405. The van der Waals surface area contributed by atoms with Gasteiger partial charge in [-0.3, -0.25) is 4.79 Å². The Morgan fingerprint density at radius 2 is 1.86 bits per heavy atom. The number of carbonyl (C=O) groups excluding carboxylic acids is 1. The molecule has 1 aromatic carbocycles. The average Bonchev–Trinajstić information content (AvgIpc) is 2.49. The summed E-state index contributed by atoms with van der Waals surface area (Å²) in [6.07, 6.45) is 1.47. The highest BCUT2D eigenvalue weighted by Gasteiger charge is 2.07. The molecule has 0 saturated carbocycles. The maximum atomic E-state index is 11.7. The van der Waals surface area contributed by atoms with Crippen LogP contribution in [0.15, 0.2) is 42.6 Å². The van der Waals surface area contributed by atoms with Gasteiger partial charge in [0.05, 0.1) is 6.61 Å². The van der Waals surface area contributed by atoms with Crippen molar-refractivity contribution in [3.05, 3.63) is 42.6 Å². The average molecular weight is 288 g/mol. The maximum Gasteiger partial charge on any atom is 0.263 e. The SMILES string of the molecule is CCOc1ccc(OCC(=O)Nc2ncccc2O)cc1. The number of pyridine rings is 1. The highest BCUT2D eigenvalue weighted by molar-refractivity contribution is 5.92. The standard InChI is InChI=1S/C15H16N2O4/c1-2-20-11-5-7-12(8-6-11)21-10-14(19)17-15-13(18)4-3-9-16-15/h3-9,18H,2,10H2,1H3,(H,16,17,19). The van der Waals surface area contributed by atoms with Crippen LogP contribution in [0.25, 0.3) is 0 Å². The number of ether oxygens (including phenoxy) is 2. The summed E-state index contributed by atoms with van der Waals surface area (Å²) in [4.78, 5) is 15.5. The van der Waals surface area contributed by atoms with Gasteiger partial charge >= 0.3 is 0 Å². The van der Waals surface area contributed by atoms with E-state index in [4.69, 9.17) is 9.47 Å². The predicted octanol–water partition coefficient (Wildman–Crippen LogP) is 2.20. The lowest BCUT2D eigenvalue weighted by Gasteiger charge is -2.08. The van der Waals surface area contributed by atoms with Crippen LogP contribution >= 0.6 is 0 Å². The van der Waals surface area contributed by atoms with E-state index in [0.29, 0.717) is 12.4 Å². The van der Waals surface area contributed by atoms with E-state index in [-0.39, 0.29) is 18.2 Å². The molecule has 0 radical (unpaired) electrons. The van der Waals surface area contributed by atoms with Crippen LogP contribution in [0.3, 0.4) is 0 Å². The van der Waals surface area contributed by atoms with Crippen LogP contribution in [0.4, 0.5) is 5.82 Å². The van der Waals surface area contributed by atoms with Crippen molar-refractivity contribution in [2.75, 3.05) is 18.5 Å². The number of hydrogen-bond acceptors (Lipinski definition) is 5. The number of aromatic nitrogens is 1. The third-order valence-electron chi connectivity index (χ3n) is 2.55. The monoisotopic (exact) mass is 288 g/mol. The normalized spacial score (nSPS) is 9.95. The Labute approximate surface area is 122 Å². The van der Waals surface area contributed by atoms with Crippen molar-refractivity contribution in [1.82, 2.24) is 4.98 Å². The molecule has 0 atom stereocenters. The van der Waals surface area contributed by atoms with Gasteiger partial charge in [-0.15, -0.1) is 0 Å². The van der Waals surface area contributed by atoms with E-state index in [9.17, 15) is 9.90 Å². The second-order valence-corrected chi connectivity index (χ2v) is 4.11. The van der Waals surface area contributed by atoms with Crippen LogP contribution in [-0.2, 0) is 4.79 Å². The van der Waals surface area contributed by atoms with Crippen molar-refractivity contribution in [2.24, 2.45) is 0 Å². The van der Waals surface area contributed by atoms with Crippen LogP contribution in [0.1, 0.15) is 6.92 Å². The summed E-state index contributed by atoms with van der Waals surface area (Å²) in [6, 6.07) is 9.98. The van der Waals surface area contributed by atoms with E-state index < -0.39 is 5.91 Å². The van der Waals surface area contributed by atoms with Crippen molar-refractivity contribution in [3.63, 3.8) is 0 Å². The molecule has 1 amide bonds. The Morgan fingerprint density at radius 3 is 2.48 bits per heavy atom. The first-order chi connectivity index (χ1) is 10.2. The molecule has 0 aliphatic carbocycles. The molecule has 2 rings (SSSR count). The van der Waals surface area contributed by atoms with Crippen molar-refractivity contribution in [1.29, 1.82) is 0 Å². The predicted molar refractivity (Wildman–Crippen MR) is 77.6 cm³/mol. The topological polar surface area (TPSA) is 80.7 Å². The number of nitrogens with one attached hydrogen (secondary N) is 1. The zero-order valence-corrected chi connectivity index (χ0v) is 11.6. The first kappa shape index (κ1) is 14.6. The number of nitrogens with zero attached hydrogens (tertiary/aromatic N) is 1. The van der Waals surface area contributed by atoms with E-state index in [1.54, 1.807) is 30.3 Å². The van der Waals surface area contributed by atoms with E-state index in [1.165, 1.54) is 12.3 Å².